The summed E-state index contributed by atoms with van der Waals surface area (Å²) in [5.41, 5.74) is 0. The quantitative estimate of drug-likeness (QED) is 0.0222. The lowest BCUT2D eigenvalue weighted by atomic mass is 10.0. The molecule has 0 aliphatic rings. The molecule has 3 N–H and O–H groups in total. The molecule has 0 aromatic carbocycles. The first-order valence-electron chi connectivity index (χ1n) is 39.6. The molecule has 95 heavy (non-hydrogen) atoms. The summed E-state index contributed by atoms with van der Waals surface area (Å²) in [6.45, 7) is 7.28. The Bertz CT molecular complexity index is 1820. The van der Waals surface area contributed by atoms with Crippen molar-refractivity contribution in [2.45, 2.75) is 419 Å². The molecule has 2 unspecified atom stereocenters. The minimum absolute atomic E-state index is 0.108. The van der Waals surface area contributed by atoms with Crippen molar-refractivity contribution in [3.63, 3.8) is 0 Å². The summed E-state index contributed by atoms with van der Waals surface area (Å²) in [4.78, 5) is 72.8. The van der Waals surface area contributed by atoms with Gasteiger partial charge in [-0.15, -0.1) is 0 Å². The van der Waals surface area contributed by atoms with Gasteiger partial charge in [0.15, 0.2) is 12.2 Å². The normalized spacial score (nSPS) is 13.9. The van der Waals surface area contributed by atoms with Crippen LogP contribution in [0.15, 0.2) is 0 Å². The maximum atomic E-state index is 13.1. The number of hydrogen-bond acceptors (Lipinski definition) is 15. The van der Waals surface area contributed by atoms with Crippen LogP contribution in [0.3, 0.4) is 0 Å². The molecule has 0 aliphatic heterocycles. The Morgan fingerprint density at radius 1 is 0.284 bits per heavy atom. The van der Waals surface area contributed by atoms with Gasteiger partial charge in [-0.3, -0.25) is 37.3 Å². The smallest absolute Gasteiger partial charge is 0.462 e. The number of carbonyl (C=O) groups is 4. The van der Waals surface area contributed by atoms with Gasteiger partial charge in [0.1, 0.15) is 19.3 Å². The number of carbonyl (C=O) groups excluding carboxylic acids is 4. The van der Waals surface area contributed by atoms with Crippen LogP contribution in [-0.2, 0) is 65.4 Å². The lowest BCUT2D eigenvalue weighted by molar-refractivity contribution is -0.161. The van der Waals surface area contributed by atoms with Crippen LogP contribution in [0, 0.1) is 5.92 Å². The monoisotopic (exact) mass is 1400 g/mol. The Morgan fingerprint density at radius 2 is 0.484 bits per heavy atom. The first-order chi connectivity index (χ1) is 46.0. The van der Waals surface area contributed by atoms with Crippen molar-refractivity contribution in [2.75, 3.05) is 39.6 Å². The Labute approximate surface area is 581 Å². The van der Waals surface area contributed by atoms with Gasteiger partial charge in [-0.05, 0) is 31.6 Å². The van der Waals surface area contributed by atoms with E-state index in [0.29, 0.717) is 25.7 Å². The highest BCUT2D eigenvalue weighted by Crippen LogP contribution is 2.45. The zero-order chi connectivity index (χ0) is 69.8. The third-order valence-electron chi connectivity index (χ3n) is 17.8. The van der Waals surface area contributed by atoms with Crippen molar-refractivity contribution in [1.29, 1.82) is 0 Å². The summed E-state index contributed by atoms with van der Waals surface area (Å²) in [5, 5.41) is 10.6. The number of hydrogen-bond donors (Lipinski definition) is 3. The summed E-state index contributed by atoms with van der Waals surface area (Å²) in [6, 6.07) is 0. The van der Waals surface area contributed by atoms with Gasteiger partial charge in [-0.1, -0.05) is 349 Å². The fourth-order valence-electron chi connectivity index (χ4n) is 11.7. The molecule has 0 rings (SSSR count). The van der Waals surface area contributed by atoms with E-state index < -0.39 is 97.5 Å². The number of phosphoric ester groups is 2. The van der Waals surface area contributed by atoms with Crippen molar-refractivity contribution in [3.05, 3.63) is 0 Å². The average Bonchev–Trinajstić information content (AvgIpc) is 2.06. The Morgan fingerprint density at radius 3 is 0.716 bits per heavy atom. The van der Waals surface area contributed by atoms with Crippen LogP contribution in [0.5, 0.6) is 0 Å². The number of aliphatic hydroxyl groups excluding tert-OH is 1. The van der Waals surface area contributed by atoms with Gasteiger partial charge in [-0.2, -0.15) is 0 Å². The molecule has 0 aromatic heterocycles. The van der Waals surface area contributed by atoms with Gasteiger partial charge in [0.05, 0.1) is 26.4 Å². The lowest BCUT2D eigenvalue weighted by Crippen LogP contribution is -2.30. The molecule has 0 bridgehead atoms. The average molecular weight is 1400 g/mol. The minimum atomic E-state index is -4.96. The zero-order valence-corrected chi connectivity index (χ0v) is 63.6. The second-order valence-electron chi connectivity index (χ2n) is 27.9. The molecule has 0 radical (unpaired) electrons. The molecule has 0 spiro atoms. The van der Waals surface area contributed by atoms with Crippen LogP contribution >= 0.6 is 15.6 Å². The van der Waals surface area contributed by atoms with Crippen LogP contribution in [-0.4, -0.2) is 96.7 Å². The van der Waals surface area contributed by atoms with Crippen molar-refractivity contribution < 1.29 is 80.2 Å². The van der Waals surface area contributed by atoms with E-state index in [1.165, 1.54) is 225 Å². The van der Waals surface area contributed by atoms with Crippen LogP contribution in [0.2, 0.25) is 0 Å². The fraction of sp³-hybridized carbons (Fsp3) is 0.947. The molecule has 0 fully saturated rings. The van der Waals surface area contributed by atoms with Gasteiger partial charge in [0.2, 0.25) is 0 Å². The molecule has 0 aromatic rings. The predicted molar refractivity (Wildman–Crippen MR) is 386 cm³/mol. The van der Waals surface area contributed by atoms with Crippen molar-refractivity contribution in [2.24, 2.45) is 5.92 Å². The Balaban J connectivity index is 5.25. The third-order valence-corrected chi connectivity index (χ3v) is 19.7. The molecule has 564 valence electrons. The van der Waals surface area contributed by atoms with Crippen LogP contribution in [0.25, 0.3) is 0 Å². The molecule has 0 aliphatic carbocycles. The number of ether oxygens (including phenoxy) is 4. The van der Waals surface area contributed by atoms with E-state index in [4.69, 9.17) is 37.0 Å². The summed E-state index contributed by atoms with van der Waals surface area (Å²) in [5.74, 6) is -1.37. The first kappa shape index (κ1) is 93.1. The molecule has 0 saturated carbocycles. The van der Waals surface area contributed by atoms with Gasteiger partial charge >= 0.3 is 39.5 Å². The molecule has 5 atom stereocenters. The fourth-order valence-corrected chi connectivity index (χ4v) is 13.3. The van der Waals surface area contributed by atoms with E-state index in [1.807, 2.05) is 0 Å². The highest BCUT2D eigenvalue weighted by Gasteiger charge is 2.30. The van der Waals surface area contributed by atoms with Crippen molar-refractivity contribution >= 4 is 39.5 Å². The van der Waals surface area contributed by atoms with E-state index in [-0.39, 0.29) is 25.7 Å². The summed E-state index contributed by atoms with van der Waals surface area (Å²) in [7, 11) is -9.91. The highest BCUT2D eigenvalue weighted by atomic mass is 31.2. The second kappa shape index (κ2) is 69.2. The largest absolute Gasteiger partial charge is 0.472 e. The van der Waals surface area contributed by atoms with Crippen LogP contribution in [0.1, 0.15) is 401 Å². The van der Waals surface area contributed by atoms with E-state index in [1.54, 1.807) is 0 Å². The van der Waals surface area contributed by atoms with Crippen molar-refractivity contribution in [1.82, 2.24) is 0 Å². The molecule has 19 heteroatoms. The second-order valence-corrected chi connectivity index (χ2v) is 30.8. The van der Waals surface area contributed by atoms with Crippen LogP contribution < -0.4 is 0 Å². The minimum Gasteiger partial charge on any atom is -0.462 e. The summed E-state index contributed by atoms with van der Waals surface area (Å²) < 4.78 is 68.6. The Hall–Kier alpha value is -1.94. The van der Waals surface area contributed by atoms with Gasteiger partial charge in [0, 0.05) is 25.7 Å². The summed E-state index contributed by atoms with van der Waals surface area (Å²) >= 11 is 0. The maximum Gasteiger partial charge on any atom is 0.472 e. The number of rotatable bonds is 76. The van der Waals surface area contributed by atoms with Gasteiger partial charge in [-0.25, -0.2) is 9.13 Å². The number of phosphoric acid groups is 2. The van der Waals surface area contributed by atoms with Gasteiger partial charge < -0.3 is 33.8 Å². The number of aliphatic hydroxyl groups is 1. The molecule has 0 heterocycles. The standard InChI is InChI=1S/C76H148O17P2/c1-6-9-12-15-18-21-24-27-28-29-30-33-36-41-47-52-57-62-76(81)92-71(65-86-73(78)59-54-49-44-39-34-31-25-22-19-16-13-10-7-2)67-90-94(82,83)88-63-70(77)64-89-95(84,85)91-68-72(66-87-74(79)60-55-50-45-42-37-38-43-48-53-58-69(4)5)93-75(80)61-56-51-46-40-35-32-26-23-20-17-14-11-8-3/h69-72,77H,6-68H2,1-5H3,(H,82,83)(H,84,85)/t70-,71-,72-/m1/s1. The van der Waals surface area contributed by atoms with E-state index in [9.17, 15) is 43.2 Å². The first-order valence-corrected chi connectivity index (χ1v) is 42.6. The van der Waals surface area contributed by atoms with E-state index >= 15 is 0 Å². The topological polar surface area (TPSA) is 237 Å². The Kier molecular flexibility index (Phi) is 67.7. The van der Waals surface area contributed by atoms with Gasteiger partial charge in [0.25, 0.3) is 0 Å². The predicted octanol–water partition coefficient (Wildman–Crippen LogP) is 22.5. The zero-order valence-electron chi connectivity index (χ0n) is 61.8. The third kappa shape index (κ3) is 70.3. The highest BCUT2D eigenvalue weighted by molar-refractivity contribution is 7.47. The lowest BCUT2D eigenvalue weighted by Gasteiger charge is -2.21. The van der Waals surface area contributed by atoms with Crippen LogP contribution in [0.4, 0.5) is 0 Å². The van der Waals surface area contributed by atoms with E-state index in [2.05, 4.69) is 34.6 Å². The number of esters is 4. The van der Waals surface area contributed by atoms with E-state index in [0.717, 1.165) is 95.8 Å². The summed E-state index contributed by atoms with van der Waals surface area (Å²) in [6.07, 6.45) is 58.1. The molecule has 0 saturated heterocycles. The molecule has 0 amide bonds. The maximum absolute atomic E-state index is 13.1. The SMILES string of the molecule is CCCCCCCCCCCCCCCCCCCC(=O)O[C@H](COC(=O)CCCCCCCCCCCCCCC)COP(=O)(O)OC[C@@H](O)COP(=O)(O)OC[C@@H](COC(=O)CCCCCCCCCCCC(C)C)OC(=O)CCCCCCCCCCCCCCC. The van der Waals surface area contributed by atoms with Crippen molar-refractivity contribution in [3.8, 4) is 0 Å². The number of unbranched alkanes of at least 4 members (excludes halogenated alkanes) is 48. The molecular formula is C76H148O17P2. The molecule has 17 nitrogen and oxygen atoms in total. The molecular weight excluding hydrogens is 1250 g/mol.